The third kappa shape index (κ3) is 4.95. The molecule has 0 atom stereocenters. The summed E-state index contributed by atoms with van der Waals surface area (Å²) >= 11 is 0. The first-order valence-corrected chi connectivity index (χ1v) is 8.88. The van der Waals surface area contributed by atoms with E-state index < -0.39 is 0 Å². The van der Waals surface area contributed by atoms with Gasteiger partial charge in [0.2, 0.25) is 0 Å². The predicted molar refractivity (Wildman–Crippen MR) is 94.1 cm³/mol. The van der Waals surface area contributed by atoms with E-state index in [1.54, 1.807) is 6.33 Å². The molecule has 2 aromatic rings. The Morgan fingerprint density at radius 1 is 1.20 bits per heavy atom. The minimum Gasteiger partial charge on any atom is -0.490 e. The highest BCUT2D eigenvalue weighted by atomic mass is 16.5. The summed E-state index contributed by atoms with van der Waals surface area (Å²) in [5.74, 6) is 1.64. The largest absolute Gasteiger partial charge is 0.490 e. The van der Waals surface area contributed by atoms with Crippen molar-refractivity contribution in [3.63, 3.8) is 0 Å². The maximum Gasteiger partial charge on any atom is 0.315 e. The van der Waals surface area contributed by atoms with Crippen LogP contribution < -0.4 is 15.4 Å². The monoisotopic (exact) mass is 343 g/mol. The number of benzene rings is 1. The Labute approximate surface area is 147 Å². The first kappa shape index (κ1) is 17.3. The first-order chi connectivity index (χ1) is 12.2. The predicted octanol–water partition coefficient (Wildman–Crippen LogP) is 2.62. The van der Waals surface area contributed by atoms with E-state index in [1.807, 2.05) is 35.8 Å². The average Bonchev–Trinajstić information content (AvgIpc) is 3.30. The molecule has 3 rings (SSSR count). The number of nitrogens with zero attached hydrogens (tertiary/aromatic N) is 3. The molecule has 1 aromatic heterocycles. The van der Waals surface area contributed by atoms with E-state index in [9.17, 15) is 4.79 Å². The van der Waals surface area contributed by atoms with Crippen molar-refractivity contribution in [3.05, 3.63) is 42.0 Å². The Morgan fingerprint density at radius 2 is 1.92 bits per heavy atom. The molecule has 134 valence electrons. The van der Waals surface area contributed by atoms with E-state index in [-0.39, 0.29) is 6.03 Å². The number of urea groups is 1. The van der Waals surface area contributed by atoms with Crippen LogP contribution in [0.15, 0.2) is 30.6 Å². The number of ether oxygens (including phenoxy) is 1. The van der Waals surface area contributed by atoms with Gasteiger partial charge in [0, 0.05) is 13.1 Å². The minimum atomic E-state index is -0.225. The van der Waals surface area contributed by atoms with E-state index >= 15 is 0 Å². The van der Waals surface area contributed by atoms with E-state index in [1.165, 1.54) is 12.8 Å². The van der Waals surface area contributed by atoms with E-state index in [0.29, 0.717) is 19.2 Å². The number of carbonyl (C=O) groups excluding carboxylic acids is 1. The van der Waals surface area contributed by atoms with E-state index in [0.717, 1.165) is 36.5 Å². The summed E-state index contributed by atoms with van der Waals surface area (Å²) in [6.45, 7) is 3.61. The van der Waals surface area contributed by atoms with E-state index in [4.69, 9.17) is 4.74 Å². The number of hydrogen-bond donors (Lipinski definition) is 2. The number of aryl methyl sites for hydroxylation is 1. The van der Waals surface area contributed by atoms with Crippen LogP contribution in [0.1, 0.15) is 44.0 Å². The topological polar surface area (TPSA) is 81.1 Å². The molecule has 1 heterocycles. The molecular weight excluding hydrogens is 318 g/mol. The fraction of sp³-hybridized carbons (Fsp3) is 0.500. The molecule has 1 saturated carbocycles. The third-order valence-electron chi connectivity index (χ3n) is 4.42. The van der Waals surface area contributed by atoms with Crippen LogP contribution in [-0.4, -0.2) is 26.9 Å². The van der Waals surface area contributed by atoms with Crippen molar-refractivity contribution in [2.24, 2.45) is 0 Å². The highest BCUT2D eigenvalue weighted by Crippen LogP contribution is 2.24. The minimum absolute atomic E-state index is 0.225. The van der Waals surface area contributed by atoms with Gasteiger partial charge in [0.25, 0.3) is 0 Å². The second-order valence-electron chi connectivity index (χ2n) is 6.24. The zero-order valence-corrected chi connectivity index (χ0v) is 14.6. The zero-order valence-electron chi connectivity index (χ0n) is 14.6. The van der Waals surface area contributed by atoms with Crippen LogP contribution >= 0.6 is 0 Å². The van der Waals surface area contributed by atoms with Crippen LogP contribution in [0.25, 0.3) is 0 Å². The fourth-order valence-electron chi connectivity index (χ4n) is 2.97. The molecule has 0 bridgehead atoms. The highest BCUT2D eigenvalue weighted by Gasteiger charge is 2.16. The molecule has 0 radical (unpaired) electrons. The highest BCUT2D eigenvalue weighted by molar-refractivity contribution is 5.73. The van der Waals surface area contributed by atoms with Gasteiger partial charge in [0.1, 0.15) is 12.1 Å². The molecule has 1 aliphatic carbocycles. The lowest BCUT2D eigenvalue weighted by Gasteiger charge is -2.13. The Morgan fingerprint density at radius 3 is 2.64 bits per heavy atom. The summed E-state index contributed by atoms with van der Waals surface area (Å²) in [5, 5.41) is 13.5. The van der Waals surface area contributed by atoms with Crippen molar-refractivity contribution in [1.29, 1.82) is 0 Å². The number of amides is 2. The van der Waals surface area contributed by atoms with Crippen LogP contribution in [0.3, 0.4) is 0 Å². The van der Waals surface area contributed by atoms with Gasteiger partial charge in [0.05, 0.1) is 12.6 Å². The van der Waals surface area contributed by atoms with Crippen LogP contribution in [0.2, 0.25) is 0 Å². The second-order valence-corrected chi connectivity index (χ2v) is 6.24. The molecule has 2 amide bonds. The van der Waals surface area contributed by atoms with Gasteiger partial charge in [-0.05, 0) is 50.3 Å². The van der Waals surface area contributed by atoms with Crippen molar-refractivity contribution < 1.29 is 9.53 Å². The number of rotatable bonds is 7. The lowest BCUT2D eigenvalue weighted by molar-refractivity contribution is 0.210. The molecule has 0 unspecified atom stereocenters. The molecule has 7 nitrogen and oxygen atoms in total. The third-order valence-corrected chi connectivity index (χ3v) is 4.42. The van der Waals surface area contributed by atoms with Crippen molar-refractivity contribution in [1.82, 2.24) is 25.4 Å². The molecule has 1 aromatic carbocycles. The number of hydrogen-bond acceptors (Lipinski definition) is 4. The Kier molecular flexibility index (Phi) is 5.87. The second kappa shape index (κ2) is 8.50. The van der Waals surface area contributed by atoms with E-state index in [2.05, 4.69) is 20.8 Å². The van der Waals surface area contributed by atoms with Crippen LogP contribution in [0.4, 0.5) is 4.79 Å². The van der Waals surface area contributed by atoms with Crippen molar-refractivity contribution in [2.75, 3.05) is 0 Å². The molecule has 25 heavy (non-hydrogen) atoms. The summed E-state index contributed by atoms with van der Waals surface area (Å²) < 4.78 is 7.83. The zero-order chi connectivity index (χ0) is 17.5. The van der Waals surface area contributed by atoms with Gasteiger partial charge in [-0.2, -0.15) is 0 Å². The van der Waals surface area contributed by atoms with Crippen molar-refractivity contribution in [2.45, 2.75) is 58.3 Å². The maximum absolute atomic E-state index is 11.9. The van der Waals surface area contributed by atoms with Crippen molar-refractivity contribution in [3.8, 4) is 5.75 Å². The van der Waals surface area contributed by atoms with Crippen LogP contribution in [0.5, 0.6) is 5.75 Å². The first-order valence-electron chi connectivity index (χ1n) is 8.88. The summed E-state index contributed by atoms with van der Waals surface area (Å²) in [6, 6.07) is 7.68. The summed E-state index contributed by atoms with van der Waals surface area (Å²) in [6.07, 6.45) is 6.83. The maximum atomic E-state index is 11.9. The summed E-state index contributed by atoms with van der Waals surface area (Å²) in [7, 11) is 0. The molecule has 2 N–H and O–H groups in total. The average molecular weight is 343 g/mol. The van der Waals surface area contributed by atoms with Gasteiger partial charge in [-0.15, -0.1) is 10.2 Å². The van der Waals surface area contributed by atoms with Crippen LogP contribution in [0, 0.1) is 0 Å². The standard InChI is InChI=1S/C18H25N5O2/c1-2-23-13-21-22-17(23)12-20-18(24)19-11-14-7-9-16(10-8-14)25-15-5-3-4-6-15/h7-10,13,15H,2-6,11-12H2,1H3,(H2,19,20,24). The number of carbonyl (C=O) groups is 1. The molecule has 0 saturated heterocycles. The SMILES string of the molecule is CCn1cnnc1CNC(=O)NCc1ccc(OC2CCCC2)cc1. The van der Waals surface area contributed by atoms with Gasteiger partial charge in [-0.3, -0.25) is 0 Å². The Hall–Kier alpha value is -2.57. The summed E-state index contributed by atoms with van der Waals surface area (Å²) in [4.78, 5) is 11.9. The van der Waals surface area contributed by atoms with Crippen molar-refractivity contribution >= 4 is 6.03 Å². The summed E-state index contributed by atoms with van der Waals surface area (Å²) in [5.41, 5.74) is 1.03. The quantitative estimate of drug-likeness (QED) is 0.810. The normalized spacial score (nSPS) is 14.4. The van der Waals surface area contributed by atoms with Gasteiger partial charge in [-0.1, -0.05) is 12.1 Å². The van der Waals surface area contributed by atoms with Gasteiger partial charge in [-0.25, -0.2) is 4.79 Å². The number of nitrogens with one attached hydrogen (secondary N) is 2. The molecule has 1 aliphatic rings. The molecule has 1 fully saturated rings. The fourth-order valence-corrected chi connectivity index (χ4v) is 2.97. The van der Waals surface area contributed by atoms with Gasteiger partial charge < -0.3 is 19.9 Å². The number of aromatic nitrogens is 3. The molecule has 0 spiro atoms. The van der Waals surface area contributed by atoms with Gasteiger partial charge >= 0.3 is 6.03 Å². The van der Waals surface area contributed by atoms with Gasteiger partial charge in [0.15, 0.2) is 5.82 Å². The molecule has 7 heteroatoms. The lowest BCUT2D eigenvalue weighted by Crippen LogP contribution is -2.35. The Bertz CT molecular complexity index is 677. The Balaban J connectivity index is 1.40. The lowest BCUT2D eigenvalue weighted by atomic mass is 10.2. The molecular formula is C18H25N5O2. The van der Waals surface area contributed by atoms with Crippen LogP contribution in [-0.2, 0) is 19.6 Å². The molecule has 0 aliphatic heterocycles. The smallest absolute Gasteiger partial charge is 0.315 e.